The van der Waals surface area contributed by atoms with Crippen molar-refractivity contribution in [2.45, 2.75) is 45.6 Å². The fraction of sp³-hybridized carbons (Fsp3) is 0.571. The molecule has 0 unspecified atom stereocenters. The number of hydrogen-bond donors (Lipinski definition) is 0. The van der Waals surface area contributed by atoms with Gasteiger partial charge in [-0.15, -0.1) is 0 Å². The van der Waals surface area contributed by atoms with Crippen LogP contribution in [0.2, 0.25) is 0 Å². The molecule has 0 bridgehead atoms. The van der Waals surface area contributed by atoms with Gasteiger partial charge in [0, 0.05) is 18.7 Å². The molecule has 3 rings (SSSR count). The average molecular weight is 229 g/mol. The Morgan fingerprint density at radius 2 is 2.24 bits per heavy atom. The van der Waals surface area contributed by atoms with Gasteiger partial charge < -0.3 is 4.57 Å². The molecule has 2 aromatic heterocycles. The molecule has 0 aromatic carbocycles. The van der Waals surface area contributed by atoms with E-state index in [-0.39, 0.29) is 0 Å². The van der Waals surface area contributed by atoms with Crippen LogP contribution in [-0.4, -0.2) is 14.5 Å². The molecule has 1 aliphatic carbocycles. The number of pyridine rings is 1. The van der Waals surface area contributed by atoms with Gasteiger partial charge in [-0.3, -0.25) is 0 Å². The van der Waals surface area contributed by atoms with Crippen LogP contribution in [0.3, 0.4) is 0 Å². The summed E-state index contributed by atoms with van der Waals surface area (Å²) in [5.74, 6) is 1.86. The molecule has 3 nitrogen and oxygen atoms in total. The molecule has 17 heavy (non-hydrogen) atoms. The molecule has 1 saturated carbocycles. The van der Waals surface area contributed by atoms with Crippen LogP contribution in [0.1, 0.15) is 45.0 Å². The first-order valence-corrected chi connectivity index (χ1v) is 6.57. The Balaban J connectivity index is 2.11. The number of hydrogen-bond acceptors (Lipinski definition) is 2. The molecule has 1 fully saturated rings. The zero-order chi connectivity index (χ0) is 11.8. The third-order valence-corrected chi connectivity index (χ3v) is 3.55. The van der Waals surface area contributed by atoms with Gasteiger partial charge in [-0.25, -0.2) is 9.97 Å². The summed E-state index contributed by atoms with van der Waals surface area (Å²) < 4.78 is 2.39. The van der Waals surface area contributed by atoms with Gasteiger partial charge in [-0.05, 0) is 37.3 Å². The molecule has 0 spiro atoms. The van der Waals surface area contributed by atoms with Gasteiger partial charge >= 0.3 is 0 Å². The summed E-state index contributed by atoms with van der Waals surface area (Å²) in [4.78, 5) is 9.27. The maximum absolute atomic E-state index is 4.76. The Morgan fingerprint density at radius 1 is 1.41 bits per heavy atom. The van der Waals surface area contributed by atoms with Crippen molar-refractivity contribution >= 4 is 11.2 Å². The van der Waals surface area contributed by atoms with Crippen LogP contribution < -0.4 is 0 Å². The Bertz CT molecular complexity index is 523. The lowest BCUT2D eigenvalue weighted by molar-refractivity contribution is 0.309. The number of rotatable bonds is 3. The summed E-state index contributed by atoms with van der Waals surface area (Å²) in [6, 6.07) is 4.68. The summed E-state index contributed by atoms with van der Waals surface area (Å²) in [5.41, 5.74) is 2.13. The highest BCUT2D eigenvalue weighted by Gasteiger charge is 2.25. The first kappa shape index (κ1) is 10.8. The van der Waals surface area contributed by atoms with Gasteiger partial charge in [0.1, 0.15) is 11.3 Å². The molecule has 0 aliphatic heterocycles. The number of fused-ring (bicyclic) bond motifs is 1. The normalized spacial score (nSPS) is 16.6. The highest BCUT2D eigenvalue weighted by atomic mass is 15.2. The van der Waals surface area contributed by atoms with Crippen LogP contribution in [-0.2, 0) is 6.42 Å². The van der Waals surface area contributed by atoms with Gasteiger partial charge in [0.25, 0.3) is 0 Å². The van der Waals surface area contributed by atoms with Crippen LogP contribution in [0.5, 0.6) is 0 Å². The molecule has 2 heterocycles. The lowest BCUT2D eigenvalue weighted by atomic mass is 9.92. The molecule has 1 aliphatic rings. The maximum atomic E-state index is 4.76. The zero-order valence-corrected chi connectivity index (χ0v) is 10.6. The topological polar surface area (TPSA) is 30.7 Å². The number of nitrogens with zero attached hydrogens (tertiary/aromatic N) is 3. The third-order valence-electron chi connectivity index (χ3n) is 3.55. The second-order valence-electron chi connectivity index (χ2n) is 5.43. The first-order chi connectivity index (χ1) is 8.25. The predicted octanol–water partition coefficient (Wildman–Crippen LogP) is 3.35. The maximum Gasteiger partial charge on any atom is 0.160 e. The van der Waals surface area contributed by atoms with E-state index in [9.17, 15) is 0 Å². The van der Waals surface area contributed by atoms with E-state index in [1.165, 1.54) is 25.1 Å². The minimum atomic E-state index is 0.642. The van der Waals surface area contributed by atoms with Crippen LogP contribution in [0.25, 0.3) is 11.2 Å². The van der Waals surface area contributed by atoms with E-state index in [2.05, 4.69) is 29.5 Å². The Morgan fingerprint density at radius 3 is 2.88 bits per heavy atom. The standard InChI is InChI=1S/C14H19N3/c1-10(2)9-13-16-12-7-4-8-15-14(12)17(13)11-5-3-6-11/h4,7-8,10-11H,3,5-6,9H2,1-2H3. The SMILES string of the molecule is CC(C)Cc1nc2cccnc2n1C1CCC1. The summed E-state index contributed by atoms with van der Waals surface area (Å²) in [5, 5.41) is 0. The Kier molecular flexibility index (Phi) is 2.61. The Labute approximate surface area is 102 Å². The van der Waals surface area contributed by atoms with Crippen LogP contribution >= 0.6 is 0 Å². The molecule has 90 valence electrons. The first-order valence-electron chi connectivity index (χ1n) is 6.57. The van der Waals surface area contributed by atoms with Crippen LogP contribution in [0.15, 0.2) is 18.3 Å². The molecule has 0 saturated heterocycles. The third kappa shape index (κ3) is 1.84. The summed E-state index contributed by atoms with van der Waals surface area (Å²) in [7, 11) is 0. The van der Waals surface area contributed by atoms with E-state index in [0.29, 0.717) is 12.0 Å². The van der Waals surface area contributed by atoms with Crippen molar-refractivity contribution in [3.63, 3.8) is 0 Å². The summed E-state index contributed by atoms with van der Waals surface area (Å²) in [6.07, 6.45) is 6.84. The van der Waals surface area contributed by atoms with E-state index in [0.717, 1.165) is 17.6 Å². The highest BCUT2D eigenvalue weighted by Crippen LogP contribution is 2.35. The molecular weight excluding hydrogens is 210 g/mol. The van der Waals surface area contributed by atoms with E-state index >= 15 is 0 Å². The van der Waals surface area contributed by atoms with Crippen LogP contribution in [0.4, 0.5) is 0 Å². The molecule has 2 aromatic rings. The quantitative estimate of drug-likeness (QED) is 0.808. The molecule has 3 heteroatoms. The minimum absolute atomic E-state index is 0.642. The highest BCUT2D eigenvalue weighted by molar-refractivity contribution is 5.71. The van der Waals surface area contributed by atoms with E-state index in [1.54, 1.807) is 0 Å². The molecule has 0 N–H and O–H groups in total. The minimum Gasteiger partial charge on any atom is -0.310 e. The van der Waals surface area contributed by atoms with Crippen molar-refractivity contribution < 1.29 is 0 Å². The average Bonchev–Trinajstić information content (AvgIpc) is 2.54. The summed E-state index contributed by atoms with van der Waals surface area (Å²) in [6.45, 7) is 4.50. The van der Waals surface area contributed by atoms with E-state index < -0.39 is 0 Å². The van der Waals surface area contributed by atoms with E-state index in [4.69, 9.17) is 4.98 Å². The molecule has 0 atom stereocenters. The largest absolute Gasteiger partial charge is 0.310 e. The van der Waals surface area contributed by atoms with Gasteiger partial charge in [0.15, 0.2) is 5.65 Å². The zero-order valence-electron chi connectivity index (χ0n) is 10.6. The van der Waals surface area contributed by atoms with Gasteiger partial charge in [0.05, 0.1) is 0 Å². The fourth-order valence-electron chi connectivity index (χ4n) is 2.51. The van der Waals surface area contributed by atoms with Crippen LogP contribution in [0, 0.1) is 5.92 Å². The predicted molar refractivity (Wildman–Crippen MR) is 69.0 cm³/mol. The molecule has 0 amide bonds. The number of aromatic nitrogens is 3. The van der Waals surface area contributed by atoms with Gasteiger partial charge in [-0.1, -0.05) is 13.8 Å². The Hall–Kier alpha value is -1.38. The van der Waals surface area contributed by atoms with Crippen molar-refractivity contribution in [1.29, 1.82) is 0 Å². The van der Waals surface area contributed by atoms with Crippen molar-refractivity contribution in [1.82, 2.24) is 14.5 Å². The van der Waals surface area contributed by atoms with E-state index in [1.807, 2.05) is 12.3 Å². The van der Waals surface area contributed by atoms with Crippen molar-refractivity contribution in [3.8, 4) is 0 Å². The van der Waals surface area contributed by atoms with Gasteiger partial charge in [-0.2, -0.15) is 0 Å². The van der Waals surface area contributed by atoms with Crippen molar-refractivity contribution in [2.24, 2.45) is 5.92 Å². The summed E-state index contributed by atoms with van der Waals surface area (Å²) >= 11 is 0. The second kappa shape index (κ2) is 4.13. The lowest BCUT2D eigenvalue weighted by Gasteiger charge is -2.29. The smallest absolute Gasteiger partial charge is 0.160 e. The second-order valence-corrected chi connectivity index (χ2v) is 5.43. The van der Waals surface area contributed by atoms with Crippen molar-refractivity contribution in [2.75, 3.05) is 0 Å². The van der Waals surface area contributed by atoms with Crippen molar-refractivity contribution in [3.05, 3.63) is 24.2 Å². The fourth-order valence-corrected chi connectivity index (χ4v) is 2.51. The lowest BCUT2D eigenvalue weighted by Crippen LogP contribution is -2.20. The monoisotopic (exact) mass is 229 g/mol. The molecule has 0 radical (unpaired) electrons. The molecular formula is C14H19N3. The number of imidazole rings is 1. The van der Waals surface area contributed by atoms with Gasteiger partial charge in [0.2, 0.25) is 0 Å².